The molecule has 0 radical (unpaired) electrons. The van der Waals surface area contributed by atoms with E-state index in [4.69, 9.17) is 5.73 Å². The topological polar surface area (TPSA) is 26.0 Å². The van der Waals surface area contributed by atoms with Crippen molar-refractivity contribution in [1.82, 2.24) is 0 Å². The van der Waals surface area contributed by atoms with Crippen molar-refractivity contribution >= 4 is 0 Å². The second-order valence-electron chi connectivity index (χ2n) is 5.56. The minimum Gasteiger partial charge on any atom is -0.324 e. The Balaban J connectivity index is 2.03. The molecule has 1 atom stereocenters. The van der Waals surface area contributed by atoms with Gasteiger partial charge in [0, 0.05) is 6.04 Å². The van der Waals surface area contributed by atoms with Gasteiger partial charge < -0.3 is 5.73 Å². The minimum atomic E-state index is 0.124. The van der Waals surface area contributed by atoms with Crippen LogP contribution in [0.1, 0.15) is 40.3 Å². The smallest absolute Gasteiger partial charge is 0.0298 e. The average Bonchev–Trinajstić information content (AvgIpc) is 2.35. The van der Waals surface area contributed by atoms with E-state index in [2.05, 4.69) is 63.2 Å². The normalized spacial score (nSPS) is 12.4. The lowest BCUT2D eigenvalue weighted by Crippen LogP contribution is -2.11. The van der Waals surface area contributed by atoms with Gasteiger partial charge in [0.05, 0.1) is 0 Å². The molecule has 2 rings (SSSR count). The number of hydrogen-bond acceptors (Lipinski definition) is 1. The molecule has 0 spiro atoms. The Morgan fingerprint density at radius 1 is 0.895 bits per heavy atom. The summed E-state index contributed by atoms with van der Waals surface area (Å²) in [4.78, 5) is 0. The molecule has 2 N–H and O–H groups in total. The summed E-state index contributed by atoms with van der Waals surface area (Å²) in [7, 11) is 0. The average molecular weight is 253 g/mol. The molecule has 1 heteroatoms. The predicted molar refractivity (Wildman–Crippen MR) is 82.3 cm³/mol. The molecular weight excluding hydrogens is 230 g/mol. The quantitative estimate of drug-likeness (QED) is 0.866. The molecular formula is C18H23N. The summed E-state index contributed by atoms with van der Waals surface area (Å²) in [5.41, 5.74) is 12.9. The second-order valence-corrected chi connectivity index (χ2v) is 5.56. The Kier molecular flexibility index (Phi) is 4.39. The van der Waals surface area contributed by atoms with Crippen LogP contribution >= 0.6 is 0 Å². The lowest BCUT2D eigenvalue weighted by molar-refractivity contribution is 0.650. The number of hydrogen-bond donors (Lipinski definition) is 1. The van der Waals surface area contributed by atoms with Crippen molar-refractivity contribution in [3.8, 4) is 0 Å². The first kappa shape index (κ1) is 13.8. The van der Waals surface area contributed by atoms with Crippen molar-refractivity contribution in [2.24, 2.45) is 5.73 Å². The predicted octanol–water partition coefficient (Wildman–Crippen LogP) is 4.24. The fourth-order valence-electron chi connectivity index (χ4n) is 2.58. The zero-order chi connectivity index (χ0) is 13.8. The molecule has 2 aromatic rings. The van der Waals surface area contributed by atoms with Gasteiger partial charge in [0.1, 0.15) is 0 Å². The van der Waals surface area contributed by atoms with E-state index in [-0.39, 0.29) is 6.04 Å². The van der Waals surface area contributed by atoms with Gasteiger partial charge >= 0.3 is 0 Å². The van der Waals surface area contributed by atoms with Crippen LogP contribution in [0, 0.1) is 20.8 Å². The van der Waals surface area contributed by atoms with Crippen LogP contribution in [0.4, 0.5) is 0 Å². The first-order valence-corrected chi connectivity index (χ1v) is 6.94. The van der Waals surface area contributed by atoms with E-state index in [0.717, 1.165) is 12.8 Å². The van der Waals surface area contributed by atoms with Crippen LogP contribution in [-0.4, -0.2) is 0 Å². The molecule has 0 aliphatic carbocycles. The van der Waals surface area contributed by atoms with Gasteiger partial charge in [-0.3, -0.25) is 0 Å². The third-order valence-electron chi connectivity index (χ3n) is 3.50. The van der Waals surface area contributed by atoms with Crippen LogP contribution in [0.25, 0.3) is 0 Å². The lowest BCUT2D eigenvalue weighted by atomic mass is 9.96. The maximum Gasteiger partial charge on any atom is 0.0298 e. The highest BCUT2D eigenvalue weighted by molar-refractivity contribution is 5.31. The summed E-state index contributed by atoms with van der Waals surface area (Å²) < 4.78 is 0. The van der Waals surface area contributed by atoms with Crippen LogP contribution in [0.3, 0.4) is 0 Å². The fraction of sp³-hybridized carbons (Fsp3) is 0.333. The van der Waals surface area contributed by atoms with E-state index in [1.54, 1.807) is 0 Å². The molecule has 2 aromatic carbocycles. The van der Waals surface area contributed by atoms with Gasteiger partial charge in [-0.15, -0.1) is 0 Å². The molecule has 1 nitrogen and oxygen atoms in total. The van der Waals surface area contributed by atoms with Gasteiger partial charge in [-0.2, -0.15) is 0 Å². The molecule has 0 aliphatic heterocycles. The Hall–Kier alpha value is -1.60. The van der Waals surface area contributed by atoms with Gasteiger partial charge in [0.15, 0.2) is 0 Å². The highest BCUT2D eigenvalue weighted by Gasteiger charge is 2.07. The first-order chi connectivity index (χ1) is 9.04. The van der Waals surface area contributed by atoms with Gasteiger partial charge in [-0.1, -0.05) is 59.2 Å². The highest BCUT2D eigenvalue weighted by atomic mass is 14.6. The van der Waals surface area contributed by atoms with E-state index in [9.17, 15) is 0 Å². The minimum absolute atomic E-state index is 0.124. The summed E-state index contributed by atoms with van der Waals surface area (Å²) in [5, 5.41) is 0. The van der Waals surface area contributed by atoms with Gasteiger partial charge in [0.25, 0.3) is 0 Å². The monoisotopic (exact) mass is 253 g/mol. The molecule has 0 fully saturated rings. The standard InChI is InChI=1S/C18H23N/c1-13-5-4-6-16(10-13)7-8-18(19)17-11-14(2)9-15(3)12-17/h4-6,9-12,18H,7-8,19H2,1-3H3. The Bertz CT molecular complexity index is 537. The van der Waals surface area contributed by atoms with E-state index in [1.165, 1.54) is 27.8 Å². The van der Waals surface area contributed by atoms with E-state index in [1.807, 2.05) is 0 Å². The van der Waals surface area contributed by atoms with Crippen molar-refractivity contribution < 1.29 is 0 Å². The van der Waals surface area contributed by atoms with Gasteiger partial charge in [-0.25, -0.2) is 0 Å². The largest absolute Gasteiger partial charge is 0.324 e. The molecule has 0 amide bonds. The lowest BCUT2D eigenvalue weighted by Gasteiger charge is -2.14. The number of aryl methyl sites for hydroxylation is 4. The highest BCUT2D eigenvalue weighted by Crippen LogP contribution is 2.20. The summed E-state index contributed by atoms with van der Waals surface area (Å²) in [6.07, 6.45) is 2.03. The maximum atomic E-state index is 6.32. The van der Waals surface area contributed by atoms with Crippen molar-refractivity contribution in [1.29, 1.82) is 0 Å². The van der Waals surface area contributed by atoms with Crippen LogP contribution < -0.4 is 5.73 Å². The molecule has 0 aromatic heterocycles. The van der Waals surface area contributed by atoms with E-state index < -0.39 is 0 Å². The number of nitrogens with two attached hydrogens (primary N) is 1. The van der Waals surface area contributed by atoms with Crippen LogP contribution in [0.5, 0.6) is 0 Å². The summed E-state index contributed by atoms with van der Waals surface area (Å²) in [6, 6.07) is 15.4. The Morgan fingerprint density at radius 2 is 1.58 bits per heavy atom. The summed E-state index contributed by atoms with van der Waals surface area (Å²) >= 11 is 0. The molecule has 1 unspecified atom stereocenters. The number of benzene rings is 2. The van der Waals surface area contributed by atoms with Crippen molar-refractivity contribution in [2.45, 2.75) is 39.7 Å². The summed E-state index contributed by atoms with van der Waals surface area (Å²) in [5.74, 6) is 0. The molecule has 0 saturated heterocycles. The molecule has 0 bridgehead atoms. The third-order valence-corrected chi connectivity index (χ3v) is 3.50. The van der Waals surface area contributed by atoms with Crippen LogP contribution in [0.15, 0.2) is 42.5 Å². The molecule has 0 heterocycles. The SMILES string of the molecule is Cc1cccc(CCC(N)c2cc(C)cc(C)c2)c1. The summed E-state index contributed by atoms with van der Waals surface area (Å²) in [6.45, 7) is 6.39. The van der Waals surface area contributed by atoms with E-state index >= 15 is 0 Å². The third kappa shape index (κ3) is 3.93. The van der Waals surface area contributed by atoms with E-state index in [0.29, 0.717) is 0 Å². The molecule has 0 aliphatic rings. The van der Waals surface area contributed by atoms with Crippen molar-refractivity contribution in [3.05, 3.63) is 70.3 Å². The van der Waals surface area contributed by atoms with Crippen LogP contribution in [-0.2, 0) is 6.42 Å². The second kappa shape index (κ2) is 6.03. The maximum absolute atomic E-state index is 6.32. The first-order valence-electron chi connectivity index (χ1n) is 6.94. The Labute approximate surface area is 116 Å². The molecule has 0 saturated carbocycles. The van der Waals surface area contributed by atoms with Gasteiger partial charge in [-0.05, 0) is 44.7 Å². The molecule has 19 heavy (non-hydrogen) atoms. The van der Waals surface area contributed by atoms with Crippen molar-refractivity contribution in [3.63, 3.8) is 0 Å². The number of rotatable bonds is 4. The van der Waals surface area contributed by atoms with Crippen LogP contribution in [0.2, 0.25) is 0 Å². The fourth-order valence-corrected chi connectivity index (χ4v) is 2.58. The zero-order valence-electron chi connectivity index (χ0n) is 12.1. The molecule has 100 valence electrons. The zero-order valence-corrected chi connectivity index (χ0v) is 12.1. The van der Waals surface area contributed by atoms with Gasteiger partial charge in [0.2, 0.25) is 0 Å². The Morgan fingerprint density at radius 3 is 2.21 bits per heavy atom. The van der Waals surface area contributed by atoms with Crippen molar-refractivity contribution in [2.75, 3.05) is 0 Å².